The molecule has 0 radical (unpaired) electrons. The van der Waals surface area contributed by atoms with Crippen LogP contribution in [0.5, 0.6) is 0 Å². The first-order valence-corrected chi connectivity index (χ1v) is 5.16. The Morgan fingerprint density at radius 1 is 1.36 bits per heavy atom. The molecule has 0 amide bonds. The average molecular weight is 230 g/mol. The second kappa shape index (κ2) is 8.01. The van der Waals surface area contributed by atoms with Gasteiger partial charge in [0.25, 0.3) is 0 Å². The van der Waals surface area contributed by atoms with Crippen molar-refractivity contribution in [2.75, 3.05) is 13.2 Å². The number of hydrogen-bond donors (Lipinski definition) is 6. The Morgan fingerprint density at radius 3 is 1.93 bits per heavy atom. The summed E-state index contributed by atoms with van der Waals surface area (Å²) in [4.78, 5) is 32.2. The Labute approximate surface area is 80.8 Å². The largest absolute Gasteiger partial charge is 0.466 e. The van der Waals surface area contributed by atoms with Gasteiger partial charge in [-0.2, -0.15) is 0 Å². The number of ketones is 1. The summed E-state index contributed by atoms with van der Waals surface area (Å²) in [5.74, 6) is -0.181. The maximum atomic E-state index is 10.6. The first-order valence-electron chi connectivity index (χ1n) is 3.59. The van der Waals surface area contributed by atoms with Crippen molar-refractivity contribution in [1.82, 2.24) is 0 Å². The molecule has 0 spiro atoms. The Hall–Kier alpha value is -0.340. The molecule has 0 rings (SSSR count). The highest BCUT2D eigenvalue weighted by molar-refractivity contribution is 7.45. The summed E-state index contributed by atoms with van der Waals surface area (Å²) in [5.41, 5.74) is 10.2. The van der Waals surface area contributed by atoms with Crippen LogP contribution in [0.15, 0.2) is 0 Å². The molecule has 0 fully saturated rings. The highest BCUT2D eigenvalue weighted by Gasteiger charge is 2.09. The second-order valence-electron chi connectivity index (χ2n) is 2.31. The predicted octanol–water partition coefficient (Wildman–Crippen LogP) is -2.70. The van der Waals surface area contributed by atoms with Gasteiger partial charge in [0.05, 0.1) is 12.6 Å². The number of Topliss-reactive ketones (excluding diaryl/α,β-unsaturated/α-hetero) is 1. The Bertz CT molecular complexity index is 196. The van der Waals surface area contributed by atoms with E-state index in [4.69, 9.17) is 35.8 Å². The monoisotopic (exact) mass is 230 g/mol. The molecule has 0 aromatic rings. The van der Waals surface area contributed by atoms with Crippen molar-refractivity contribution in [2.45, 2.75) is 12.5 Å². The SMILES string of the molecule is NCCC(=O)C(N)CO.O=P(O)(O)O. The molecule has 0 aliphatic carbocycles. The molecule has 0 aliphatic heterocycles. The van der Waals surface area contributed by atoms with E-state index in [2.05, 4.69) is 0 Å². The number of aliphatic hydroxyl groups is 1. The summed E-state index contributed by atoms with van der Waals surface area (Å²) in [5, 5.41) is 8.35. The number of hydrogen-bond acceptors (Lipinski definition) is 5. The van der Waals surface area contributed by atoms with Crippen molar-refractivity contribution in [3.05, 3.63) is 0 Å². The topological polar surface area (TPSA) is 167 Å². The van der Waals surface area contributed by atoms with Gasteiger partial charge >= 0.3 is 7.82 Å². The molecular formula is C5H15N2O6P. The van der Waals surface area contributed by atoms with Gasteiger partial charge < -0.3 is 31.3 Å². The minimum Gasteiger partial charge on any atom is -0.394 e. The lowest BCUT2D eigenvalue weighted by Crippen LogP contribution is -2.35. The van der Waals surface area contributed by atoms with Crippen molar-refractivity contribution in [1.29, 1.82) is 0 Å². The minimum atomic E-state index is -4.64. The van der Waals surface area contributed by atoms with E-state index in [1.54, 1.807) is 0 Å². The lowest BCUT2D eigenvalue weighted by atomic mass is 10.1. The zero-order valence-corrected chi connectivity index (χ0v) is 8.30. The normalized spacial score (nSPS) is 12.7. The predicted molar refractivity (Wildman–Crippen MR) is 48.0 cm³/mol. The Kier molecular flexibility index (Phi) is 9.21. The molecule has 0 saturated heterocycles. The number of carbonyl (C=O) groups excluding carboxylic acids is 1. The summed E-state index contributed by atoms with van der Waals surface area (Å²) >= 11 is 0. The highest BCUT2D eigenvalue weighted by Crippen LogP contribution is 2.25. The van der Waals surface area contributed by atoms with Crippen LogP contribution in [0.2, 0.25) is 0 Å². The lowest BCUT2D eigenvalue weighted by Gasteiger charge is -2.03. The third kappa shape index (κ3) is 17.7. The van der Waals surface area contributed by atoms with Crippen LogP contribution in [0.25, 0.3) is 0 Å². The fourth-order valence-electron chi connectivity index (χ4n) is 0.429. The van der Waals surface area contributed by atoms with E-state index in [1.807, 2.05) is 0 Å². The third-order valence-electron chi connectivity index (χ3n) is 1.00. The molecule has 0 saturated carbocycles. The maximum absolute atomic E-state index is 10.6. The quantitative estimate of drug-likeness (QED) is 0.283. The lowest BCUT2D eigenvalue weighted by molar-refractivity contribution is -0.120. The van der Waals surface area contributed by atoms with Gasteiger partial charge in [0, 0.05) is 6.42 Å². The molecule has 1 atom stereocenters. The van der Waals surface area contributed by atoms with Gasteiger partial charge in [-0.1, -0.05) is 0 Å². The van der Waals surface area contributed by atoms with Crippen LogP contribution in [0, 0.1) is 0 Å². The number of nitrogens with two attached hydrogens (primary N) is 2. The number of aliphatic hydroxyl groups excluding tert-OH is 1. The van der Waals surface area contributed by atoms with E-state index >= 15 is 0 Å². The first-order chi connectivity index (χ1) is 6.22. The van der Waals surface area contributed by atoms with E-state index in [0.717, 1.165) is 0 Å². The molecule has 9 heteroatoms. The highest BCUT2D eigenvalue weighted by atomic mass is 31.2. The van der Waals surface area contributed by atoms with E-state index in [-0.39, 0.29) is 18.8 Å². The van der Waals surface area contributed by atoms with Crippen LogP contribution in [-0.4, -0.2) is 44.8 Å². The summed E-state index contributed by atoms with van der Waals surface area (Å²) in [6.07, 6.45) is 0.252. The Morgan fingerprint density at radius 2 is 1.71 bits per heavy atom. The molecule has 0 heterocycles. The first kappa shape index (κ1) is 16.1. The number of phosphoric acid groups is 1. The van der Waals surface area contributed by atoms with Crippen molar-refractivity contribution in [3.63, 3.8) is 0 Å². The van der Waals surface area contributed by atoms with Crippen LogP contribution in [0.3, 0.4) is 0 Å². The molecule has 0 aromatic carbocycles. The molecule has 14 heavy (non-hydrogen) atoms. The van der Waals surface area contributed by atoms with Gasteiger partial charge in [-0.3, -0.25) is 4.79 Å². The van der Waals surface area contributed by atoms with Gasteiger partial charge in [0.15, 0.2) is 5.78 Å². The van der Waals surface area contributed by atoms with Crippen molar-refractivity contribution >= 4 is 13.6 Å². The number of rotatable bonds is 4. The summed E-state index contributed by atoms with van der Waals surface area (Å²) < 4.78 is 8.88. The molecule has 0 aliphatic rings. The second-order valence-corrected chi connectivity index (χ2v) is 3.33. The summed E-state index contributed by atoms with van der Waals surface area (Å²) in [6, 6.07) is -0.742. The molecule has 86 valence electrons. The van der Waals surface area contributed by atoms with Crippen molar-refractivity contribution < 1.29 is 29.1 Å². The minimum absolute atomic E-state index is 0.181. The van der Waals surface area contributed by atoms with Crippen LogP contribution in [-0.2, 0) is 9.36 Å². The van der Waals surface area contributed by atoms with Gasteiger partial charge in [-0.15, -0.1) is 0 Å². The average Bonchev–Trinajstić information content (AvgIpc) is 2.00. The van der Waals surface area contributed by atoms with Gasteiger partial charge in [0.2, 0.25) is 0 Å². The smallest absolute Gasteiger partial charge is 0.394 e. The van der Waals surface area contributed by atoms with Gasteiger partial charge in [-0.05, 0) is 6.54 Å². The molecule has 8 N–H and O–H groups in total. The van der Waals surface area contributed by atoms with Gasteiger partial charge in [0.1, 0.15) is 0 Å². The zero-order valence-electron chi connectivity index (χ0n) is 7.41. The van der Waals surface area contributed by atoms with E-state index in [0.29, 0.717) is 6.54 Å². The Balaban J connectivity index is 0. The van der Waals surface area contributed by atoms with E-state index < -0.39 is 13.9 Å². The molecule has 8 nitrogen and oxygen atoms in total. The molecule has 0 aromatic heterocycles. The van der Waals surface area contributed by atoms with E-state index in [9.17, 15) is 4.79 Å². The van der Waals surface area contributed by atoms with E-state index in [1.165, 1.54) is 0 Å². The van der Waals surface area contributed by atoms with Crippen molar-refractivity contribution in [3.8, 4) is 0 Å². The maximum Gasteiger partial charge on any atom is 0.466 e. The van der Waals surface area contributed by atoms with Gasteiger partial charge in [-0.25, -0.2) is 4.57 Å². The fraction of sp³-hybridized carbons (Fsp3) is 0.800. The summed E-state index contributed by atoms with van der Waals surface area (Å²) in [7, 11) is -4.64. The summed E-state index contributed by atoms with van der Waals surface area (Å²) in [6.45, 7) is 0.00532. The van der Waals surface area contributed by atoms with Crippen molar-refractivity contribution in [2.24, 2.45) is 11.5 Å². The van der Waals surface area contributed by atoms with Crippen LogP contribution >= 0.6 is 7.82 Å². The van der Waals surface area contributed by atoms with Crippen LogP contribution in [0.4, 0.5) is 0 Å². The fourth-order valence-corrected chi connectivity index (χ4v) is 0.429. The number of carbonyl (C=O) groups is 1. The zero-order chi connectivity index (χ0) is 11.8. The molecule has 0 bridgehead atoms. The standard InChI is InChI=1S/C5H12N2O2.H3O4P/c6-2-1-5(9)4(7)3-8;1-5(2,3)4/h4,8H,1-3,6-7H2;(H3,1,2,3,4). The molecular weight excluding hydrogens is 215 g/mol. The third-order valence-corrected chi connectivity index (χ3v) is 1.00. The van der Waals surface area contributed by atoms with Crippen LogP contribution in [0.1, 0.15) is 6.42 Å². The molecule has 1 unspecified atom stereocenters. The van der Waals surface area contributed by atoms with Crippen LogP contribution < -0.4 is 11.5 Å².